The highest BCUT2D eigenvalue weighted by Crippen LogP contribution is 2.35. The summed E-state index contributed by atoms with van der Waals surface area (Å²) in [7, 11) is 0. The second kappa shape index (κ2) is 4.09. The molecule has 2 heterocycles. The molecule has 1 unspecified atom stereocenters. The molecule has 0 amide bonds. The third kappa shape index (κ3) is 1.71. The summed E-state index contributed by atoms with van der Waals surface area (Å²) in [6.45, 7) is -0.0558. The van der Waals surface area contributed by atoms with Gasteiger partial charge in [-0.05, 0) is 30.5 Å². The van der Waals surface area contributed by atoms with Crippen LogP contribution in [-0.2, 0) is 0 Å². The van der Waals surface area contributed by atoms with E-state index in [0.29, 0.717) is 5.92 Å². The first kappa shape index (κ1) is 10.7. The van der Waals surface area contributed by atoms with E-state index in [9.17, 15) is 0 Å². The van der Waals surface area contributed by atoms with Crippen molar-refractivity contribution in [1.82, 2.24) is 14.6 Å². The Bertz CT molecular complexity index is 532. The summed E-state index contributed by atoms with van der Waals surface area (Å²) >= 11 is 0. The lowest BCUT2D eigenvalue weighted by molar-refractivity contribution is 0.268. The van der Waals surface area contributed by atoms with Crippen LogP contribution in [0.25, 0.3) is 5.65 Å². The van der Waals surface area contributed by atoms with Crippen LogP contribution in [-0.4, -0.2) is 26.3 Å². The van der Waals surface area contributed by atoms with Crippen molar-refractivity contribution < 1.29 is 5.11 Å². The maximum Gasteiger partial charge on any atom is 0.161 e. The third-order valence-electron chi connectivity index (χ3n) is 3.56. The first-order valence-electron chi connectivity index (χ1n) is 6.00. The molecule has 1 fully saturated rings. The molecule has 5 heteroatoms. The van der Waals surface area contributed by atoms with Gasteiger partial charge in [-0.15, -0.1) is 10.2 Å². The number of aromatic nitrogens is 3. The molecule has 0 aromatic carbocycles. The van der Waals surface area contributed by atoms with Gasteiger partial charge in [0, 0.05) is 12.1 Å². The Morgan fingerprint density at radius 3 is 2.94 bits per heavy atom. The molecule has 90 valence electrons. The van der Waals surface area contributed by atoms with Gasteiger partial charge in [-0.2, -0.15) is 0 Å². The minimum atomic E-state index is -0.344. The van der Waals surface area contributed by atoms with Gasteiger partial charge < -0.3 is 10.8 Å². The standard InChI is InChI=1S/C12H16N4O/c13-10(7-17)9-4-5-16-11(6-9)14-15-12(16)8-2-1-3-8/h4-6,8,10,17H,1-3,7,13H2. The molecule has 5 nitrogen and oxygen atoms in total. The molecule has 1 aliphatic rings. The molecule has 17 heavy (non-hydrogen) atoms. The van der Waals surface area contributed by atoms with E-state index in [4.69, 9.17) is 10.8 Å². The SMILES string of the molecule is NC(CO)c1ccn2c(C3CCC3)nnc2c1. The zero-order valence-electron chi connectivity index (χ0n) is 9.58. The normalized spacial score (nSPS) is 18.2. The van der Waals surface area contributed by atoms with Gasteiger partial charge in [0.2, 0.25) is 0 Å². The number of nitrogens with two attached hydrogens (primary N) is 1. The number of aliphatic hydroxyl groups is 1. The van der Waals surface area contributed by atoms with Crippen molar-refractivity contribution in [3.05, 3.63) is 29.7 Å². The molecule has 2 aromatic heterocycles. The molecule has 0 saturated heterocycles. The Balaban J connectivity index is 2.01. The quantitative estimate of drug-likeness (QED) is 0.827. The maximum atomic E-state index is 9.03. The lowest BCUT2D eigenvalue weighted by atomic mass is 9.85. The predicted molar refractivity (Wildman–Crippen MR) is 63.6 cm³/mol. The fourth-order valence-electron chi connectivity index (χ4n) is 2.21. The van der Waals surface area contributed by atoms with E-state index in [-0.39, 0.29) is 12.6 Å². The van der Waals surface area contributed by atoms with Gasteiger partial charge in [0.1, 0.15) is 5.82 Å². The summed E-state index contributed by atoms with van der Waals surface area (Å²) in [5.41, 5.74) is 7.49. The van der Waals surface area contributed by atoms with E-state index in [1.165, 1.54) is 19.3 Å². The molecular formula is C12H16N4O. The molecule has 0 spiro atoms. The van der Waals surface area contributed by atoms with E-state index in [2.05, 4.69) is 10.2 Å². The van der Waals surface area contributed by atoms with Gasteiger partial charge in [0.05, 0.1) is 12.6 Å². The van der Waals surface area contributed by atoms with Gasteiger partial charge in [0.15, 0.2) is 5.65 Å². The number of aliphatic hydroxyl groups excluding tert-OH is 1. The second-order valence-electron chi connectivity index (χ2n) is 4.66. The summed E-state index contributed by atoms with van der Waals surface area (Å²) in [4.78, 5) is 0. The summed E-state index contributed by atoms with van der Waals surface area (Å²) < 4.78 is 2.03. The van der Waals surface area contributed by atoms with Gasteiger partial charge in [0.25, 0.3) is 0 Å². The van der Waals surface area contributed by atoms with Crippen LogP contribution in [0, 0.1) is 0 Å². The molecule has 1 aliphatic carbocycles. The van der Waals surface area contributed by atoms with Crippen molar-refractivity contribution in [3.63, 3.8) is 0 Å². The zero-order valence-corrected chi connectivity index (χ0v) is 9.58. The fourth-order valence-corrected chi connectivity index (χ4v) is 2.21. The largest absolute Gasteiger partial charge is 0.394 e. The highest BCUT2D eigenvalue weighted by molar-refractivity contribution is 5.42. The van der Waals surface area contributed by atoms with Crippen LogP contribution in [0.15, 0.2) is 18.3 Å². The molecule has 1 atom stereocenters. The van der Waals surface area contributed by atoms with E-state index in [1.54, 1.807) is 0 Å². The Kier molecular flexibility index (Phi) is 2.57. The first-order valence-corrected chi connectivity index (χ1v) is 6.00. The van der Waals surface area contributed by atoms with E-state index >= 15 is 0 Å². The average Bonchev–Trinajstić information content (AvgIpc) is 2.69. The average molecular weight is 232 g/mol. The summed E-state index contributed by atoms with van der Waals surface area (Å²) in [5.74, 6) is 1.61. The third-order valence-corrected chi connectivity index (χ3v) is 3.56. The number of hydrogen-bond acceptors (Lipinski definition) is 4. The van der Waals surface area contributed by atoms with Crippen molar-refractivity contribution >= 4 is 5.65 Å². The van der Waals surface area contributed by atoms with Gasteiger partial charge in [-0.25, -0.2) is 0 Å². The highest BCUT2D eigenvalue weighted by Gasteiger charge is 2.24. The molecule has 3 rings (SSSR count). The Hall–Kier alpha value is -1.46. The number of pyridine rings is 1. The van der Waals surface area contributed by atoms with E-state index < -0.39 is 0 Å². The van der Waals surface area contributed by atoms with Crippen molar-refractivity contribution in [2.45, 2.75) is 31.2 Å². The van der Waals surface area contributed by atoms with Crippen LogP contribution in [0.2, 0.25) is 0 Å². The van der Waals surface area contributed by atoms with Crippen molar-refractivity contribution in [2.75, 3.05) is 6.61 Å². The predicted octanol–water partition coefficient (Wildman–Crippen LogP) is 0.989. The topological polar surface area (TPSA) is 76.4 Å². The minimum Gasteiger partial charge on any atom is -0.394 e. The Labute approximate surface area is 99.3 Å². The van der Waals surface area contributed by atoms with Gasteiger partial charge in [-0.1, -0.05) is 6.42 Å². The lowest BCUT2D eigenvalue weighted by Gasteiger charge is -2.23. The molecule has 2 aromatic rings. The second-order valence-corrected chi connectivity index (χ2v) is 4.66. The molecule has 0 bridgehead atoms. The Morgan fingerprint density at radius 2 is 2.29 bits per heavy atom. The number of fused-ring (bicyclic) bond motifs is 1. The summed E-state index contributed by atoms with van der Waals surface area (Å²) in [6, 6.07) is 3.49. The molecule has 3 N–H and O–H groups in total. The van der Waals surface area contributed by atoms with Crippen molar-refractivity contribution in [2.24, 2.45) is 5.73 Å². The fraction of sp³-hybridized carbons (Fsp3) is 0.500. The van der Waals surface area contributed by atoms with Crippen LogP contribution >= 0.6 is 0 Å². The van der Waals surface area contributed by atoms with E-state index in [0.717, 1.165) is 17.0 Å². The highest BCUT2D eigenvalue weighted by atomic mass is 16.3. The van der Waals surface area contributed by atoms with Crippen LogP contribution in [0.5, 0.6) is 0 Å². The number of rotatable bonds is 3. The van der Waals surface area contributed by atoms with Crippen LogP contribution in [0.3, 0.4) is 0 Å². The molecular weight excluding hydrogens is 216 g/mol. The van der Waals surface area contributed by atoms with E-state index in [1.807, 2.05) is 22.7 Å². The summed E-state index contributed by atoms with van der Waals surface area (Å²) in [5, 5.41) is 17.5. The van der Waals surface area contributed by atoms with Crippen molar-refractivity contribution in [1.29, 1.82) is 0 Å². The number of nitrogens with zero attached hydrogens (tertiary/aromatic N) is 3. The monoisotopic (exact) mass is 232 g/mol. The molecule has 0 aliphatic heterocycles. The van der Waals surface area contributed by atoms with Gasteiger partial charge >= 0.3 is 0 Å². The van der Waals surface area contributed by atoms with Crippen LogP contribution < -0.4 is 5.73 Å². The van der Waals surface area contributed by atoms with Crippen molar-refractivity contribution in [3.8, 4) is 0 Å². The summed E-state index contributed by atoms with van der Waals surface area (Å²) in [6.07, 6.45) is 5.65. The Morgan fingerprint density at radius 1 is 1.47 bits per heavy atom. The maximum absolute atomic E-state index is 9.03. The smallest absolute Gasteiger partial charge is 0.161 e. The molecule has 0 radical (unpaired) electrons. The minimum absolute atomic E-state index is 0.0558. The lowest BCUT2D eigenvalue weighted by Crippen LogP contribution is -2.15. The zero-order chi connectivity index (χ0) is 11.8. The number of hydrogen-bond donors (Lipinski definition) is 2. The van der Waals surface area contributed by atoms with Gasteiger partial charge in [-0.3, -0.25) is 4.40 Å². The first-order chi connectivity index (χ1) is 8.29. The molecule has 1 saturated carbocycles. The van der Waals surface area contributed by atoms with Crippen LogP contribution in [0.1, 0.15) is 42.6 Å². The van der Waals surface area contributed by atoms with Crippen LogP contribution in [0.4, 0.5) is 0 Å².